The summed E-state index contributed by atoms with van der Waals surface area (Å²) in [5, 5.41) is 0. The molecule has 1 saturated heterocycles. The minimum atomic E-state index is -3.49. The molecule has 1 aromatic rings. The number of nitrogens with zero attached hydrogens (tertiary/aromatic N) is 2. The first-order valence-corrected chi connectivity index (χ1v) is 6.11. The number of hydrogen-bond acceptors (Lipinski definition) is 3. The maximum Gasteiger partial charge on any atom is 0.303 e. The molecule has 0 spiro atoms. The van der Waals surface area contributed by atoms with Gasteiger partial charge in [-0.25, -0.2) is 4.39 Å². The van der Waals surface area contributed by atoms with Crippen LogP contribution in [0.5, 0.6) is 0 Å². The molecule has 1 heterocycles. The first-order chi connectivity index (χ1) is 7.43. The number of nitrogen functional groups attached to an aromatic ring is 1. The summed E-state index contributed by atoms with van der Waals surface area (Å²) in [6, 6.07) is 3.99. The molecule has 1 fully saturated rings. The zero-order valence-corrected chi connectivity index (χ0v) is 9.54. The summed E-state index contributed by atoms with van der Waals surface area (Å²) in [5.41, 5.74) is 5.64. The number of hydrogen-bond donors (Lipinski definition) is 1. The summed E-state index contributed by atoms with van der Waals surface area (Å²) in [5.74, 6) is -0.609. The second-order valence-corrected chi connectivity index (χ2v) is 5.57. The summed E-state index contributed by atoms with van der Waals surface area (Å²) in [7, 11) is -2.00. The van der Waals surface area contributed by atoms with Crippen LogP contribution in [0.2, 0.25) is 0 Å². The lowest BCUT2D eigenvalue weighted by molar-refractivity contribution is 0.511. The Hall–Kier alpha value is -1.34. The van der Waals surface area contributed by atoms with Gasteiger partial charge in [-0.3, -0.25) is 4.31 Å². The van der Waals surface area contributed by atoms with E-state index in [0.717, 1.165) is 10.4 Å². The summed E-state index contributed by atoms with van der Waals surface area (Å²) >= 11 is 0. The van der Waals surface area contributed by atoms with E-state index in [9.17, 15) is 12.8 Å². The second-order valence-electron chi connectivity index (χ2n) is 3.61. The van der Waals surface area contributed by atoms with Crippen molar-refractivity contribution >= 4 is 21.6 Å². The van der Waals surface area contributed by atoms with Crippen LogP contribution in [0.15, 0.2) is 18.2 Å². The lowest BCUT2D eigenvalue weighted by Crippen LogP contribution is -2.30. The lowest BCUT2D eigenvalue weighted by Gasteiger charge is -2.18. The summed E-state index contributed by atoms with van der Waals surface area (Å²) in [6.45, 7) is 0.719. The fourth-order valence-electron chi connectivity index (χ4n) is 1.56. The Labute approximate surface area is 93.4 Å². The molecule has 0 atom stereocenters. The van der Waals surface area contributed by atoms with Crippen LogP contribution >= 0.6 is 0 Å². The molecule has 1 aliphatic heterocycles. The third-order valence-corrected chi connectivity index (χ3v) is 4.48. The average molecular weight is 245 g/mol. The van der Waals surface area contributed by atoms with Crippen LogP contribution in [-0.4, -0.2) is 32.9 Å². The van der Waals surface area contributed by atoms with Gasteiger partial charge < -0.3 is 5.73 Å². The van der Waals surface area contributed by atoms with Gasteiger partial charge in [0.2, 0.25) is 0 Å². The molecule has 0 saturated carbocycles. The zero-order valence-electron chi connectivity index (χ0n) is 8.72. The molecule has 0 radical (unpaired) electrons. The van der Waals surface area contributed by atoms with Crippen molar-refractivity contribution in [3.8, 4) is 0 Å². The minimum absolute atomic E-state index is 0.00806. The standard InChI is InChI=1S/C9H12FN3O2S/c1-12-4-5-13(16(12,14)15)7-2-3-9(11)8(10)6-7/h2-3,6H,4-5,11H2,1H3. The van der Waals surface area contributed by atoms with E-state index in [1.165, 1.54) is 23.5 Å². The van der Waals surface area contributed by atoms with Crippen molar-refractivity contribution < 1.29 is 12.8 Å². The highest BCUT2D eigenvalue weighted by Crippen LogP contribution is 2.26. The molecular formula is C9H12FN3O2S. The highest BCUT2D eigenvalue weighted by atomic mass is 32.2. The van der Waals surface area contributed by atoms with Gasteiger partial charge in [0.25, 0.3) is 0 Å². The van der Waals surface area contributed by atoms with Gasteiger partial charge in [-0.05, 0) is 12.1 Å². The SMILES string of the molecule is CN1CCN(c2ccc(N)c(F)c2)S1(=O)=O. The molecule has 0 unspecified atom stereocenters. The van der Waals surface area contributed by atoms with Gasteiger partial charge in [-0.1, -0.05) is 0 Å². The van der Waals surface area contributed by atoms with Gasteiger partial charge in [0.1, 0.15) is 5.82 Å². The van der Waals surface area contributed by atoms with Gasteiger partial charge in [0, 0.05) is 26.2 Å². The summed E-state index contributed by atoms with van der Waals surface area (Å²) in [6.07, 6.45) is 0. The van der Waals surface area contributed by atoms with Crippen molar-refractivity contribution in [2.45, 2.75) is 0 Å². The third kappa shape index (κ3) is 1.61. The van der Waals surface area contributed by atoms with Crippen LogP contribution in [0.4, 0.5) is 15.8 Å². The van der Waals surface area contributed by atoms with Crippen molar-refractivity contribution in [1.82, 2.24) is 4.31 Å². The zero-order chi connectivity index (χ0) is 11.9. The van der Waals surface area contributed by atoms with E-state index in [0.29, 0.717) is 18.8 Å². The van der Waals surface area contributed by atoms with Crippen molar-refractivity contribution in [2.24, 2.45) is 0 Å². The molecule has 1 aliphatic rings. The van der Waals surface area contributed by atoms with E-state index >= 15 is 0 Å². The molecule has 16 heavy (non-hydrogen) atoms. The van der Waals surface area contributed by atoms with E-state index in [-0.39, 0.29) is 5.69 Å². The lowest BCUT2D eigenvalue weighted by atomic mass is 10.2. The highest BCUT2D eigenvalue weighted by molar-refractivity contribution is 7.90. The van der Waals surface area contributed by atoms with Crippen LogP contribution in [0, 0.1) is 5.82 Å². The molecule has 0 bridgehead atoms. The van der Waals surface area contributed by atoms with E-state index in [4.69, 9.17) is 5.73 Å². The van der Waals surface area contributed by atoms with Crippen LogP contribution < -0.4 is 10.0 Å². The molecule has 7 heteroatoms. The number of benzene rings is 1. The summed E-state index contributed by atoms with van der Waals surface area (Å²) < 4.78 is 39.2. The predicted octanol–water partition coefficient (Wildman–Crippen LogP) is 0.405. The fraction of sp³-hybridized carbons (Fsp3) is 0.333. The summed E-state index contributed by atoms with van der Waals surface area (Å²) in [4.78, 5) is 0. The van der Waals surface area contributed by atoms with Gasteiger partial charge >= 0.3 is 10.2 Å². The van der Waals surface area contributed by atoms with E-state index in [2.05, 4.69) is 0 Å². The normalized spacial score (nSPS) is 20.2. The Morgan fingerprint density at radius 1 is 1.38 bits per heavy atom. The minimum Gasteiger partial charge on any atom is -0.396 e. The first-order valence-electron chi connectivity index (χ1n) is 4.72. The number of rotatable bonds is 1. The van der Waals surface area contributed by atoms with Crippen LogP contribution in [0.3, 0.4) is 0 Å². The van der Waals surface area contributed by atoms with E-state index < -0.39 is 16.0 Å². The molecule has 0 aromatic heterocycles. The molecule has 0 aliphatic carbocycles. The van der Waals surface area contributed by atoms with Gasteiger partial charge in [0.05, 0.1) is 11.4 Å². The van der Waals surface area contributed by atoms with Crippen molar-refractivity contribution in [2.75, 3.05) is 30.2 Å². The quantitative estimate of drug-likeness (QED) is 0.728. The monoisotopic (exact) mass is 245 g/mol. The van der Waals surface area contributed by atoms with Gasteiger partial charge in [0.15, 0.2) is 0 Å². The predicted molar refractivity (Wildman–Crippen MR) is 59.7 cm³/mol. The average Bonchev–Trinajstić information content (AvgIpc) is 2.47. The molecule has 1 aromatic carbocycles. The fourth-order valence-corrected chi connectivity index (χ4v) is 2.91. The van der Waals surface area contributed by atoms with E-state index in [1.54, 1.807) is 0 Å². The molecule has 2 N–H and O–H groups in total. The maximum absolute atomic E-state index is 13.2. The van der Waals surface area contributed by atoms with Crippen molar-refractivity contribution in [1.29, 1.82) is 0 Å². The number of halogens is 1. The molecule has 5 nitrogen and oxygen atoms in total. The third-order valence-electron chi connectivity index (χ3n) is 2.56. The Balaban J connectivity index is 2.43. The maximum atomic E-state index is 13.2. The Bertz CT molecular complexity index is 517. The number of anilines is 2. The van der Waals surface area contributed by atoms with Gasteiger partial charge in [-0.2, -0.15) is 12.7 Å². The van der Waals surface area contributed by atoms with Crippen LogP contribution in [0.1, 0.15) is 0 Å². The highest BCUT2D eigenvalue weighted by Gasteiger charge is 2.33. The van der Waals surface area contributed by atoms with Crippen LogP contribution in [-0.2, 0) is 10.2 Å². The molecule has 2 rings (SSSR count). The smallest absolute Gasteiger partial charge is 0.303 e. The second kappa shape index (κ2) is 3.60. The largest absolute Gasteiger partial charge is 0.396 e. The van der Waals surface area contributed by atoms with Crippen molar-refractivity contribution in [3.05, 3.63) is 24.0 Å². The van der Waals surface area contributed by atoms with Gasteiger partial charge in [-0.15, -0.1) is 0 Å². The molecule has 0 amide bonds. The topological polar surface area (TPSA) is 66.6 Å². The van der Waals surface area contributed by atoms with E-state index in [1.807, 2.05) is 0 Å². The molecular weight excluding hydrogens is 233 g/mol. The molecule has 88 valence electrons. The Morgan fingerprint density at radius 3 is 2.56 bits per heavy atom. The number of nitrogens with two attached hydrogens (primary N) is 1. The first kappa shape index (κ1) is 11.2. The van der Waals surface area contributed by atoms with Crippen molar-refractivity contribution in [3.63, 3.8) is 0 Å². The number of likely N-dealkylation sites (N-methyl/N-ethyl adjacent to an activating group) is 1. The Kier molecular flexibility index (Phi) is 2.51. The van der Waals surface area contributed by atoms with Crippen LogP contribution in [0.25, 0.3) is 0 Å². The Morgan fingerprint density at radius 2 is 2.06 bits per heavy atom.